The lowest BCUT2D eigenvalue weighted by Crippen LogP contribution is -2.46. The van der Waals surface area contributed by atoms with Crippen molar-refractivity contribution in [1.29, 1.82) is 0 Å². The average molecular weight is 200 g/mol. The molecule has 0 amide bonds. The van der Waals surface area contributed by atoms with Crippen molar-refractivity contribution in [3.05, 3.63) is 0 Å². The van der Waals surface area contributed by atoms with Crippen LogP contribution in [-0.2, 0) is 4.79 Å². The number of carbonyl (C=O) groups is 1. The molecule has 1 aliphatic rings. The van der Waals surface area contributed by atoms with Crippen LogP contribution in [0.4, 0.5) is 0 Å². The summed E-state index contributed by atoms with van der Waals surface area (Å²) in [6.07, 6.45) is 3.39. The summed E-state index contributed by atoms with van der Waals surface area (Å²) in [6.45, 7) is 2.40. The van der Waals surface area contributed by atoms with Crippen LogP contribution in [0, 0.1) is 5.92 Å². The van der Waals surface area contributed by atoms with Gasteiger partial charge in [-0.3, -0.25) is 9.69 Å². The van der Waals surface area contributed by atoms with Crippen LogP contribution >= 0.6 is 0 Å². The highest BCUT2D eigenvalue weighted by atomic mass is 16.4. The van der Waals surface area contributed by atoms with Crippen molar-refractivity contribution >= 4 is 5.97 Å². The maximum atomic E-state index is 10.8. The minimum Gasteiger partial charge on any atom is -0.480 e. The largest absolute Gasteiger partial charge is 0.480 e. The van der Waals surface area contributed by atoms with Gasteiger partial charge in [-0.1, -0.05) is 6.42 Å². The maximum absolute atomic E-state index is 10.8. The topological polar surface area (TPSA) is 66.6 Å². The van der Waals surface area contributed by atoms with Crippen LogP contribution < -0.4 is 5.73 Å². The summed E-state index contributed by atoms with van der Waals surface area (Å²) < 4.78 is 0. The predicted octanol–water partition coefficient (Wildman–Crippen LogP) is 0.519. The van der Waals surface area contributed by atoms with E-state index in [1.54, 1.807) is 6.92 Å². The molecule has 0 bridgehead atoms. The Kier molecular flexibility index (Phi) is 3.89. The second-order valence-electron chi connectivity index (χ2n) is 4.17. The Bertz CT molecular complexity index is 208. The quantitative estimate of drug-likeness (QED) is 0.694. The molecule has 0 heterocycles. The number of carboxylic acids is 1. The molecule has 4 heteroatoms. The smallest absolute Gasteiger partial charge is 0.320 e. The van der Waals surface area contributed by atoms with Crippen LogP contribution in [0.1, 0.15) is 26.2 Å². The molecule has 1 aliphatic carbocycles. The van der Waals surface area contributed by atoms with Gasteiger partial charge in [0.25, 0.3) is 0 Å². The van der Waals surface area contributed by atoms with Crippen LogP contribution in [0.15, 0.2) is 0 Å². The summed E-state index contributed by atoms with van der Waals surface area (Å²) in [6, 6.07) is -0.0572. The highest BCUT2D eigenvalue weighted by molar-refractivity contribution is 5.72. The van der Waals surface area contributed by atoms with E-state index in [4.69, 9.17) is 10.8 Å². The monoisotopic (exact) mass is 200 g/mol. The van der Waals surface area contributed by atoms with Gasteiger partial charge < -0.3 is 10.8 Å². The molecule has 1 fully saturated rings. The number of nitrogens with zero attached hydrogens (tertiary/aromatic N) is 1. The van der Waals surface area contributed by atoms with Crippen LogP contribution in [0.5, 0.6) is 0 Å². The summed E-state index contributed by atoms with van der Waals surface area (Å²) in [4.78, 5) is 12.8. The Labute approximate surface area is 85.1 Å². The Balaban J connectivity index is 2.58. The fraction of sp³-hybridized carbons (Fsp3) is 0.900. The van der Waals surface area contributed by atoms with E-state index in [-0.39, 0.29) is 0 Å². The molecule has 0 aromatic rings. The second-order valence-corrected chi connectivity index (χ2v) is 4.17. The summed E-state index contributed by atoms with van der Waals surface area (Å²) in [7, 11) is 1.89. The lowest BCUT2D eigenvalue weighted by molar-refractivity contribution is -0.143. The third-order valence-corrected chi connectivity index (χ3v) is 3.41. The standard InChI is InChI=1S/C10H20N2O2/c1-7(10(13)14)12(2)9-5-3-4-8(9)6-11/h7-9H,3-6,11H2,1-2H3,(H,13,14). The molecule has 0 aliphatic heterocycles. The second kappa shape index (κ2) is 4.75. The molecule has 0 aromatic heterocycles. The molecule has 0 spiro atoms. The van der Waals surface area contributed by atoms with Gasteiger partial charge in [-0.15, -0.1) is 0 Å². The zero-order valence-corrected chi connectivity index (χ0v) is 8.94. The third-order valence-electron chi connectivity index (χ3n) is 3.41. The average Bonchev–Trinajstić information content (AvgIpc) is 2.62. The first-order valence-electron chi connectivity index (χ1n) is 5.22. The molecule has 14 heavy (non-hydrogen) atoms. The molecule has 0 radical (unpaired) electrons. The van der Waals surface area contributed by atoms with Gasteiger partial charge in [-0.25, -0.2) is 0 Å². The summed E-state index contributed by atoms with van der Waals surface area (Å²) in [5, 5.41) is 8.90. The van der Waals surface area contributed by atoms with Crippen LogP contribution in [0.3, 0.4) is 0 Å². The minimum atomic E-state index is -0.754. The van der Waals surface area contributed by atoms with Gasteiger partial charge in [0.05, 0.1) is 0 Å². The van der Waals surface area contributed by atoms with Crippen LogP contribution in [0.2, 0.25) is 0 Å². The Hall–Kier alpha value is -0.610. The first-order chi connectivity index (χ1) is 6.57. The number of likely N-dealkylation sites (N-methyl/N-ethyl adjacent to an activating group) is 1. The Morgan fingerprint density at radius 3 is 2.79 bits per heavy atom. The number of hydrogen-bond acceptors (Lipinski definition) is 3. The highest BCUT2D eigenvalue weighted by Crippen LogP contribution is 2.29. The van der Waals surface area contributed by atoms with Gasteiger partial charge in [0.2, 0.25) is 0 Å². The Morgan fingerprint density at radius 1 is 1.64 bits per heavy atom. The summed E-state index contributed by atoms with van der Waals surface area (Å²) >= 11 is 0. The van der Waals surface area contributed by atoms with E-state index >= 15 is 0 Å². The van der Waals surface area contributed by atoms with Crippen LogP contribution in [-0.4, -0.2) is 41.7 Å². The molecule has 1 rings (SSSR count). The van der Waals surface area contributed by atoms with Gasteiger partial charge >= 0.3 is 5.97 Å². The number of hydrogen-bond donors (Lipinski definition) is 2. The van der Waals surface area contributed by atoms with Gasteiger partial charge in [-0.05, 0) is 39.3 Å². The third kappa shape index (κ3) is 2.25. The summed E-state index contributed by atoms with van der Waals surface area (Å²) in [5.74, 6) is -0.281. The van der Waals surface area contributed by atoms with Crippen molar-refractivity contribution in [2.24, 2.45) is 11.7 Å². The first kappa shape index (κ1) is 11.5. The van der Waals surface area contributed by atoms with Crippen LogP contribution in [0.25, 0.3) is 0 Å². The molecular weight excluding hydrogens is 180 g/mol. The van der Waals surface area contributed by atoms with Crippen molar-refractivity contribution in [2.75, 3.05) is 13.6 Å². The van der Waals surface area contributed by atoms with E-state index in [9.17, 15) is 4.79 Å². The molecule has 3 unspecified atom stereocenters. The molecule has 0 saturated heterocycles. The van der Waals surface area contributed by atoms with E-state index in [1.165, 1.54) is 6.42 Å². The van der Waals surface area contributed by atoms with E-state index in [1.807, 2.05) is 11.9 Å². The molecule has 3 atom stereocenters. The minimum absolute atomic E-state index is 0.353. The van der Waals surface area contributed by atoms with E-state index < -0.39 is 12.0 Å². The number of rotatable bonds is 4. The molecular formula is C10H20N2O2. The SMILES string of the molecule is CC(C(=O)O)N(C)C1CCCC1CN. The molecule has 82 valence electrons. The highest BCUT2D eigenvalue weighted by Gasteiger charge is 2.33. The van der Waals surface area contributed by atoms with Gasteiger partial charge in [0.1, 0.15) is 6.04 Å². The van der Waals surface area contributed by atoms with Gasteiger partial charge in [0.15, 0.2) is 0 Å². The van der Waals surface area contributed by atoms with E-state index in [0.29, 0.717) is 18.5 Å². The van der Waals surface area contributed by atoms with Gasteiger partial charge in [-0.2, -0.15) is 0 Å². The number of carboxylic acid groups (broad SMARTS) is 1. The Morgan fingerprint density at radius 2 is 2.29 bits per heavy atom. The molecule has 0 aromatic carbocycles. The number of aliphatic carboxylic acids is 1. The number of nitrogens with two attached hydrogens (primary N) is 1. The van der Waals surface area contributed by atoms with Crippen molar-refractivity contribution in [3.63, 3.8) is 0 Å². The lowest BCUT2D eigenvalue weighted by atomic mass is 10.0. The van der Waals surface area contributed by atoms with E-state index in [0.717, 1.165) is 12.8 Å². The molecule has 3 N–H and O–H groups in total. The molecule has 1 saturated carbocycles. The fourth-order valence-corrected chi connectivity index (χ4v) is 2.29. The van der Waals surface area contributed by atoms with Crippen molar-refractivity contribution in [3.8, 4) is 0 Å². The van der Waals surface area contributed by atoms with Gasteiger partial charge in [0, 0.05) is 6.04 Å². The van der Waals surface area contributed by atoms with Crippen molar-refractivity contribution in [1.82, 2.24) is 4.90 Å². The lowest BCUT2D eigenvalue weighted by Gasteiger charge is -2.31. The zero-order chi connectivity index (χ0) is 10.7. The first-order valence-corrected chi connectivity index (χ1v) is 5.22. The van der Waals surface area contributed by atoms with E-state index in [2.05, 4.69) is 0 Å². The summed E-state index contributed by atoms with van der Waals surface area (Å²) in [5.41, 5.74) is 5.66. The maximum Gasteiger partial charge on any atom is 0.320 e. The predicted molar refractivity (Wildman–Crippen MR) is 55.0 cm³/mol. The fourth-order valence-electron chi connectivity index (χ4n) is 2.29. The van der Waals surface area contributed by atoms with Crippen molar-refractivity contribution in [2.45, 2.75) is 38.3 Å². The molecule has 4 nitrogen and oxygen atoms in total. The van der Waals surface area contributed by atoms with Crippen molar-refractivity contribution < 1.29 is 9.90 Å². The zero-order valence-electron chi connectivity index (χ0n) is 8.94. The normalized spacial score (nSPS) is 29.4.